The largest absolute Gasteiger partial charge is 0.496 e. The molecule has 1 unspecified atom stereocenters. The molecule has 2 aliphatic rings. The molecule has 5 nitrogen and oxygen atoms in total. The number of thiophene rings is 1. The van der Waals surface area contributed by atoms with Crippen molar-refractivity contribution < 1.29 is 9.53 Å². The molecule has 2 N–H and O–H groups in total. The minimum atomic E-state index is -0.261. The van der Waals surface area contributed by atoms with Crippen LogP contribution in [0.3, 0.4) is 0 Å². The van der Waals surface area contributed by atoms with Gasteiger partial charge in [0.15, 0.2) is 0 Å². The molecule has 1 atom stereocenters. The molecule has 0 fully saturated rings. The maximum atomic E-state index is 12.8. The van der Waals surface area contributed by atoms with Gasteiger partial charge in [-0.2, -0.15) is 0 Å². The van der Waals surface area contributed by atoms with Crippen molar-refractivity contribution in [1.29, 1.82) is 0 Å². The topological polar surface area (TPSA) is 53.6 Å². The zero-order valence-corrected chi connectivity index (χ0v) is 14.7. The van der Waals surface area contributed by atoms with Crippen LogP contribution in [0.4, 0.5) is 5.00 Å². The van der Waals surface area contributed by atoms with E-state index in [0.717, 1.165) is 47.9 Å². The summed E-state index contributed by atoms with van der Waals surface area (Å²) in [6.45, 7) is 5.19. The number of fused-ring (bicyclic) bond motifs is 3. The lowest BCUT2D eigenvalue weighted by atomic mass is 10.00. The summed E-state index contributed by atoms with van der Waals surface area (Å²) in [5.41, 5.74) is 3.01. The summed E-state index contributed by atoms with van der Waals surface area (Å²) in [5.74, 6) is 0.791. The normalized spacial score (nSPS) is 19.9. The minimum absolute atomic E-state index is 0.0158. The van der Waals surface area contributed by atoms with Crippen molar-refractivity contribution in [3.63, 3.8) is 0 Å². The van der Waals surface area contributed by atoms with Crippen LogP contribution in [0.2, 0.25) is 0 Å². The Balaban J connectivity index is 1.69. The molecule has 2 aliphatic heterocycles. The van der Waals surface area contributed by atoms with Gasteiger partial charge in [-0.1, -0.05) is 25.1 Å². The third kappa shape index (κ3) is 2.46. The number of anilines is 1. The van der Waals surface area contributed by atoms with Gasteiger partial charge in [-0.05, 0) is 24.6 Å². The molecule has 0 radical (unpaired) electrons. The predicted octanol–water partition coefficient (Wildman–Crippen LogP) is 2.99. The molecule has 0 saturated heterocycles. The SMILES string of the molecule is CCN1CCc2c(sc3c2C(=O)NC(c2ccccc2OC)N3)C1. The number of methoxy groups -OCH3 is 1. The summed E-state index contributed by atoms with van der Waals surface area (Å²) in [7, 11) is 1.65. The first-order chi connectivity index (χ1) is 11.7. The van der Waals surface area contributed by atoms with Gasteiger partial charge in [0.05, 0.1) is 12.7 Å². The van der Waals surface area contributed by atoms with Crippen molar-refractivity contribution in [2.24, 2.45) is 0 Å². The number of carbonyl (C=O) groups excluding carboxylic acids is 1. The number of benzene rings is 1. The number of nitrogens with one attached hydrogen (secondary N) is 2. The predicted molar refractivity (Wildman–Crippen MR) is 95.8 cm³/mol. The summed E-state index contributed by atoms with van der Waals surface area (Å²) in [5, 5.41) is 7.57. The minimum Gasteiger partial charge on any atom is -0.496 e. The highest BCUT2D eigenvalue weighted by Gasteiger charge is 2.33. The zero-order chi connectivity index (χ0) is 16.7. The standard InChI is InChI=1S/C18H21N3O2S/c1-3-21-9-8-12-14(10-21)24-18-15(12)17(22)19-16(20-18)11-6-4-5-7-13(11)23-2/h4-7,16,20H,3,8-10H2,1-2H3,(H,19,22). The molecule has 1 amide bonds. The second kappa shape index (κ2) is 6.11. The fraction of sp³-hybridized carbons (Fsp3) is 0.389. The second-order valence-corrected chi connectivity index (χ2v) is 7.22. The second-order valence-electron chi connectivity index (χ2n) is 6.12. The molecule has 1 aromatic heterocycles. The van der Waals surface area contributed by atoms with E-state index in [4.69, 9.17) is 4.74 Å². The average molecular weight is 343 g/mol. The number of amides is 1. The van der Waals surface area contributed by atoms with E-state index in [1.807, 2.05) is 24.3 Å². The van der Waals surface area contributed by atoms with Gasteiger partial charge in [-0.15, -0.1) is 11.3 Å². The monoisotopic (exact) mass is 343 g/mol. The lowest BCUT2D eigenvalue weighted by Crippen LogP contribution is -2.39. The summed E-state index contributed by atoms with van der Waals surface area (Å²) in [6, 6.07) is 7.78. The highest BCUT2D eigenvalue weighted by Crippen LogP contribution is 2.41. The average Bonchev–Trinajstić information content (AvgIpc) is 2.99. The first-order valence-electron chi connectivity index (χ1n) is 8.28. The summed E-state index contributed by atoms with van der Waals surface area (Å²) in [4.78, 5) is 16.5. The number of likely N-dealkylation sites (N-methyl/N-ethyl adjacent to an activating group) is 1. The Kier molecular flexibility index (Phi) is 3.94. The maximum Gasteiger partial charge on any atom is 0.256 e. The third-order valence-electron chi connectivity index (χ3n) is 4.81. The molecule has 126 valence electrons. The van der Waals surface area contributed by atoms with E-state index in [1.165, 1.54) is 10.4 Å². The molecule has 0 bridgehead atoms. The Morgan fingerprint density at radius 2 is 2.17 bits per heavy atom. The Bertz CT molecular complexity index is 787. The number of carbonyl (C=O) groups is 1. The van der Waals surface area contributed by atoms with Gasteiger partial charge in [-0.25, -0.2) is 0 Å². The van der Waals surface area contributed by atoms with E-state index in [9.17, 15) is 4.79 Å². The molecule has 0 spiro atoms. The van der Waals surface area contributed by atoms with E-state index < -0.39 is 0 Å². The van der Waals surface area contributed by atoms with E-state index in [-0.39, 0.29) is 12.1 Å². The number of rotatable bonds is 3. The molecule has 0 saturated carbocycles. The van der Waals surface area contributed by atoms with Gasteiger partial charge in [0.25, 0.3) is 5.91 Å². The molecule has 0 aliphatic carbocycles. The van der Waals surface area contributed by atoms with Crippen molar-refractivity contribution in [1.82, 2.24) is 10.2 Å². The number of nitrogens with zero attached hydrogens (tertiary/aromatic N) is 1. The van der Waals surface area contributed by atoms with Gasteiger partial charge in [0.2, 0.25) is 0 Å². The van der Waals surface area contributed by atoms with Gasteiger partial charge in [0, 0.05) is 23.5 Å². The van der Waals surface area contributed by atoms with Crippen molar-refractivity contribution in [3.05, 3.63) is 45.8 Å². The molecular formula is C18H21N3O2S. The van der Waals surface area contributed by atoms with Gasteiger partial charge in [0.1, 0.15) is 16.9 Å². The Labute approximate surface area is 145 Å². The maximum absolute atomic E-state index is 12.8. The van der Waals surface area contributed by atoms with Crippen LogP contribution in [0.25, 0.3) is 0 Å². The number of hydrogen-bond donors (Lipinski definition) is 2. The van der Waals surface area contributed by atoms with E-state index in [1.54, 1.807) is 18.4 Å². The fourth-order valence-electron chi connectivity index (χ4n) is 3.50. The van der Waals surface area contributed by atoms with E-state index in [2.05, 4.69) is 22.5 Å². The number of para-hydroxylation sites is 1. The quantitative estimate of drug-likeness (QED) is 0.900. The summed E-state index contributed by atoms with van der Waals surface area (Å²) < 4.78 is 5.44. The van der Waals surface area contributed by atoms with Crippen LogP contribution in [-0.4, -0.2) is 31.0 Å². The Hall–Kier alpha value is -2.05. The van der Waals surface area contributed by atoms with Crippen LogP contribution in [0.15, 0.2) is 24.3 Å². The van der Waals surface area contributed by atoms with Gasteiger partial charge < -0.3 is 15.4 Å². The van der Waals surface area contributed by atoms with E-state index in [0.29, 0.717) is 0 Å². The lowest BCUT2D eigenvalue weighted by Gasteiger charge is -2.28. The van der Waals surface area contributed by atoms with Crippen LogP contribution < -0.4 is 15.4 Å². The number of hydrogen-bond acceptors (Lipinski definition) is 5. The first kappa shape index (κ1) is 15.5. The van der Waals surface area contributed by atoms with E-state index >= 15 is 0 Å². The summed E-state index contributed by atoms with van der Waals surface area (Å²) >= 11 is 1.72. The molecule has 6 heteroatoms. The van der Waals surface area contributed by atoms with Crippen LogP contribution in [-0.2, 0) is 13.0 Å². The first-order valence-corrected chi connectivity index (χ1v) is 9.10. The smallest absolute Gasteiger partial charge is 0.256 e. The molecule has 24 heavy (non-hydrogen) atoms. The number of ether oxygens (including phenoxy) is 1. The zero-order valence-electron chi connectivity index (χ0n) is 13.9. The third-order valence-corrected chi connectivity index (χ3v) is 5.96. The molecule has 1 aromatic carbocycles. The van der Waals surface area contributed by atoms with Crippen molar-refractivity contribution >= 4 is 22.2 Å². The highest BCUT2D eigenvalue weighted by molar-refractivity contribution is 7.16. The van der Waals surface area contributed by atoms with Crippen molar-refractivity contribution in [3.8, 4) is 5.75 Å². The van der Waals surface area contributed by atoms with Crippen molar-refractivity contribution in [2.45, 2.75) is 26.1 Å². The lowest BCUT2D eigenvalue weighted by molar-refractivity contribution is 0.0934. The van der Waals surface area contributed by atoms with Crippen molar-refractivity contribution in [2.75, 3.05) is 25.5 Å². The highest BCUT2D eigenvalue weighted by atomic mass is 32.1. The summed E-state index contributed by atoms with van der Waals surface area (Å²) in [6.07, 6.45) is 0.687. The van der Waals surface area contributed by atoms with Crippen LogP contribution in [0.5, 0.6) is 5.75 Å². The van der Waals surface area contributed by atoms with Crippen LogP contribution in [0.1, 0.15) is 39.5 Å². The Morgan fingerprint density at radius 1 is 1.33 bits per heavy atom. The van der Waals surface area contributed by atoms with Crippen LogP contribution in [0, 0.1) is 0 Å². The van der Waals surface area contributed by atoms with Gasteiger partial charge in [-0.3, -0.25) is 9.69 Å². The molecular weight excluding hydrogens is 322 g/mol. The Morgan fingerprint density at radius 3 is 2.96 bits per heavy atom. The van der Waals surface area contributed by atoms with Crippen LogP contribution >= 0.6 is 11.3 Å². The molecule has 4 rings (SSSR count). The van der Waals surface area contributed by atoms with Gasteiger partial charge >= 0.3 is 0 Å². The fourth-order valence-corrected chi connectivity index (χ4v) is 4.81. The molecule has 2 aromatic rings. The molecule has 3 heterocycles.